The third-order valence-corrected chi connectivity index (χ3v) is 5.07. The molecule has 0 saturated heterocycles. The quantitative estimate of drug-likeness (QED) is 0.238. The minimum absolute atomic E-state index is 0.412. The molecule has 0 unspecified atom stereocenters. The highest BCUT2D eigenvalue weighted by atomic mass is 16.2. The number of hydrogen-bond donors (Lipinski definition) is 5. The monoisotopic (exact) mass is 384 g/mol. The topological polar surface area (TPSA) is 136 Å². The zero-order chi connectivity index (χ0) is 20.4. The average molecular weight is 385 g/mol. The fourth-order valence-electron chi connectivity index (χ4n) is 3.41. The second kappa shape index (κ2) is 10.8. The first kappa shape index (κ1) is 21.8. The molecule has 0 radical (unpaired) electrons. The summed E-state index contributed by atoms with van der Waals surface area (Å²) in [6.07, 6.45) is 6.16. The van der Waals surface area contributed by atoms with Crippen molar-refractivity contribution < 1.29 is 4.79 Å². The number of nitrogens with two attached hydrogens (primary N) is 4. The Balaban J connectivity index is 0.000000203. The zero-order valence-corrected chi connectivity index (χ0v) is 16.3. The average Bonchev–Trinajstić information content (AvgIpc) is 2.75. The van der Waals surface area contributed by atoms with E-state index in [1.165, 1.54) is 32.1 Å². The molecule has 28 heavy (non-hydrogen) atoms. The minimum atomic E-state index is -0.914. The Labute approximate surface area is 167 Å². The third-order valence-electron chi connectivity index (χ3n) is 5.07. The number of carbonyl (C=O) groups is 1. The molecule has 1 aliphatic carbocycles. The molecule has 1 aliphatic rings. The Bertz CT molecular complexity index is 660. The van der Waals surface area contributed by atoms with Gasteiger partial charge in [-0.1, -0.05) is 79.9 Å². The van der Waals surface area contributed by atoms with E-state index in [9.17, 15) is 4.79 Å². The van der Waals surface area contributed by atoms with Crippen LogP contribution in [0.3, 0.4) is 0 Å². The highest BCUT2D eigenvalue weighted by molar-refractivity contribution is 5.72. The van der Waals surface area contributed by atoms with Crippen LogP contribution in [0.15, 0.2) is 60.7 Å². The minimum Gasteiger partial charge on any atom is -0.306 e. The van der Waals surface area contributed by atoms with E-state index in [1.807, 2.05) is 66.1 Å². The second-order valence-corrected chi connectivity index (χ2v) is 7.21. The largest absolute Gasteiger partial charge is 0.345 e. The molecule has 0 atom stereocenters. The summed E-state index contributed by atoms with van der Waals surface area (Å²) in [6, 6.07) is 19.0. The fraction of sp³-hybridized carbons (Fsp3) is 0.381. The summed E-state index contributed by atoms with van der Waals surface area (Å²) in [5.74, 6) is 11.0. The van der Waals surface area contributed by atoms with Gasteiger partial charge in [-0.2, -0.15) is 0 Å². The molecule has 0 heterocycles. The second-order valence-electron chi connectivity index (χ2n) is 7.21. The molecular weight excluding hydrogens is 352 g/mol. The van der Waals surface area contributed by atoms with Gasteiger partial charge in [0, 0.05) is 6.54 Å². The fourth-order valence-corrected chi connectivity index (χ4v) is 3.41. The van der Waals surface area contributed by atoms with Crippen LogP contribution in [0.1, 0.15) is 43.2 Å². The maximum Gasteiger partial charge on any atom is 0.345 e. The number of carbonyl (C=O) groups excluding carboxylic acids is 1. The van der Waals surface area contributed by atoms with E-state index in [1.54, 1.807) is 0 Å². The van der Waals surface area contributed by atoms with Gasteiger partial charge in [0.25, 0.3) is 0 Å². The maximum absolute atomic E-state index is 11.0. The van der Waals surface area contributed by atoms with Crippen LogP contribution in [-0.4, -0.2) is 17.6 Å². The van der Waals surface area contributed by atoms with Crippen LogP contribution in [0.2, 0.25) is 0 Å². The number of urea groups is 1. The van der Waals surface area contributed by atoms with E-state index in [2.05, 4.69) is 0 Å². The summed E-state index contributed by atoms with van der Waals surface area (Å²) < 4.78 is 0. The van der Waals surface area contributed by atoms with Gasteiger partial charge in [0.05, 0.1) is 0 Å². The highest BCUT2D eigenvalue weighted by Crippen LogP contribution is 2.23. The number of nitrogens with zero attached hydrogens (tertiary/aromatic N) is 1. The molecule has 0 aromatic heterocycles. The van der Waals surface area contributed by atoms with Gasteiger partial charge in [-0.15, -0.1) is 0 Å². The summed E-state index contributed by atoms with van der Waals surface area (Å²) in [6.45, 7) is 0.614. The van der Waals surface area contributed by atoms with Crippen molar-refractivity contribution in [1.29, 1.82) is 0 Å². The van der Waals surface area contributed by atoms with E-state index >= 15 is 0 Å². The SMILES string of the molecule is NC(N)(c1ccccc1)c1ccccc1.NNC(=O)N(N)CC1CCCCC1. The van der Waals surface area contributed by atoms with E-state index in [0.717, 1.165) is 16.1 Å². The lowest BCUT2D eigenvalue weighted by Gasteiger charge is -2.25. The zero-order valence-electron chi connectivity index (χ0n) is 16.3. The van der Waals surface area contributed by atoms with Crippen molar-refractivity contribution in [2.75, 3.05) is 6.54 Å². The standard InChI is InChI=1S/C13H14N2.C8H18N4O/c14-13(15,11-7-3-1-4-8-11)12-9-5-2-6-10-12;9-11-8(13)12(10)6-7-4-2-1-3-5-7/h1-10H,14-15H2;7H,1-6,9-10H2,(H,11,13). The Morgan fingerprint density at radius 1 is 0.929 bits per heavy atom. The summed E-state index contributed by atoms with van der Waals surface area (Å²) in [5.41, 5.74) is 15.2. The Morgan fingerprint density at radius 2 is 1.39 bits per heavy atom. The van der Waals surface area contributed by atoms with E-state index in [-0.39, 0.29) is 0 Å². The van der Waals surface area contributed by atoms with Crippen LogP contribution in [0.4, 0.5) is 4.79 Å². The molecule has 0 spiro atoms. The van der Waals surface area contributed by atoms with Crippen LogP contribution >= 0.6 is 0 Å². The van der Waals surface area contributed by atoms with Crippen molar-refractivity contribution in [3.05, 3.63) is 71.8 Å². The van der Waals surface area contributed by atoms with Gasteiger partial charge in [0.2, 0.25) is 0 Å². The summed E-state index contributed by atoms with van der Waals surface area (Å²) >= 11 is 0. The number of amides is 2. The Kier molecular flexibility index (Phi) is 8.41. The van der Waals surface area contributed by atoms with Crippen molar-refractivity contribution in [1.82, 2.24) is 10.4 Å². The highest BCUT2D eigenvalue weighted by Gasteiger charge is 2.23. The smallest absolute Gasteiger partial charge is 0.306 e. The van der Waals surface area contributed by atoms with Crippen LogP contribution in [0, 0.1) is 5.92 Å². The molecule has 7 heteroatoms. The predicted molar refractivity (Wildman–Crippen MR) is 112 cm³/mol. The first-order chi connectivity index (χ1) is 13.4. The summed E-state index contributed by atoms with van der Waals surface area (Å²) in [5, 5.41) is 1.16. The normalized spacial score (nSPS) is 14.6. The molecule has 2 aromatic carbocycles. The van der Waals surface area contributed by atoms with Gasteiger partial charge in [-0.05, 0) is 29.9 Å². The number of hydrazine groups is 2. The van der Waals surface area contributed by atoms with Crippen molar-refractivity contribution in [3.63, 3.8) is 0 Å². The Hall–Kier alpha value is -2.45. The molecule has 0 aliphatic heterocycles. The van der Waals surface area contributed by atoms with Gasteiger partial charge < -0.3 is 11.5 Å². The molecular formula is C21H32N6O. The van der Waals surface area contributed by atoms with Crippen molar-refractivity contribution in [2.45, 2.75) is 37.8 Å². The van der Waals surface area contributed by atoms with Gasteiger partial charge in [0.1, 0.15) is 5.66 Å². The van der Waals surface area contributed by atoms with Crippen molar-refractivity contribution >= 4 is 6.03 Å². The molecule has 2 amide bonds. The molecule has 1 saturated carbocycles. The lowest BCUT2D eigenvalue weighted by molar-refractivity contribution is 0.179. The first-order valence-corrected chi connectivity index (χ1v) is 9.66. The maximum atomic E-state index is 11.0. The van der Waals surface area contributed by atoms with E-state index in [4.69, 9.17) is 23.2 Å². The summed E-state index contributed by atoms with van der Waals surface area (Å²) in [7, 11) is 0. The van der Waals surface area contributed by atoms with Crippen LogP contribution in [0.5, 0.6) is 0 Å². The van der Waals surface area contributed by atoms with Crippen molar-refractivity contribution in [3.8, 4) is 0 Å². The van der Waals surface area contributed by atoms with Crippen LogP contribution in [-0.2, 0) is 5.66 Å². The molecule has 3 rings (SSSR count). The first-order valence-electron chi connectivity index (χ1n) is 9.66. The van der Waals surface area contributed by atoms with Gasteiger partial charge in [0.15, 0.2) is 0 Å². The third kappa shape index (κ3) is 6.31. The Morgan fingerprint density at radius 3 is 1.82 bits per heavy atom. The van der Waals surface area contributed by atoms with Crippen LogP contribution < -0.4 is 28.6 Å². The molecule has 1 fully saturated rings. The molecule has 2 aromatic rings. The lowest BCUT2D eigenvalue weighted by Crippen LogP contribution is -2.49. The molecule has 0 bridgehead atoms. The number of nitrogens with one attached hydrogen (secondary N) is 1. The van der Waals surface area contributed by atoms with E-state index in [0.29, 0.717) is 12.5 Å². The van der Waals surface area contributed by atoms with E-state index < -0.39 is 11.7 Å². The van der Waals surface area contributed by atoms with Crippen LogP contribution in [0.25, 0.3) is 0 Å². The van der Waals surface area contributed by atoms with Gasteiger partial charge in [-0.3, -0.25) is 10.4 Å². The molecule has 152 valence electrons. The van der Waals surface area contributed by atoms with Gasteiger partial charge in [-0.25, -0.2) is 16.5 Å². The number of hydrogen-bond acceptors (Lipinski definition) is 5. The van der Waals surface area contributed by atoms with Crippen molar-refractivity contribution in [2.24, 2.45) is 29.1 Å². The molecule has 7 nitrogen and oxygen atoms in total. The predicted octanol–water partition coefficient (Wildman–Crippen LogP) is 2.13. The lowest BCUT2D eigenvalue weighted by atomic mass is 9.89. The number of rotatable bonds is 4. The number of benzene rings is 2. The van der Waals surface area contributed by atoms with Gasteiger partial charge >= 0.3 is 6.03 Å². The summed E-state index contributed by atoms with van der Waals surface area (Å²) in [4.78, 5) is 11.0. The molecule has 9 N–H and O–H groups in total.